The van der Waals surface area contributed by atoms with E-state index in [1.165, 1.54) is 347 Å². The molecule has 460 valence electrons. The number of carbonyl (C=O) groups excluding carboxylic acids is 2. The molecule has 0 rings (SSSR count). The van der Waals surface area contributed by atoms with Gasteiger partial charge in [-0.1, -0.05) is 380 Å². The first kappa shape index (κ1) is 75.9. The van der Waals surface area contributed by atoms with Crippen LogP contribution in [0.1, 0.15) is 418 Å². The fourth-order valence-corrected chi connectivity index (χ4v) is 11.7. The molecule has 0 aliphatic carbocycles. The summed E-state index contributed by atoms with van der Waals surface area (Å²) < 4.78 is 5.50. The first-order valence-electron chi connectivity index (χ1n) is 35.8. The Morgan fingerprint density at radius 2 is 0.532 bits per heavy atom. The van der Waals surface area contributed by atoms with Crippen molar-refractivity contribution in [2.75, 3.05) is 13.2 Å². The zero-order valence-electron chi connectivity index (χ0n) is 52.7. The second-order valence-electron chi connectivity index (χ2n) is 24.9. The average Bonchev–Trinajstić information content (AvgIpc) is 3.43. The molecule has 6 nitrogen and oxygen atoms in total. The maximum absolute atomic E-state index is 12.4. The van der Waals surface area contributed by atoms with E-state index in [1.54, 1.807) is 0 Å². The third-order valence-electron chi connectivity index (χ3n) is 17.2. The number of ether oxygens (including phenoxy) is 1. The summed E-state index contributed by atoms with van der Waals surface area (Å²) in [6, 6.07) is -0.534. The van der Waals surface area contributed by atoms with Crippen molar-refractivity contribution in [1.82, 2.24) is 5.32 Å². The van der Waals surface area contributed by atoms with Gasteiger partial charge < -0.3 is 20.3 Å². The molecule has 2 unspecified atom stereocenters. The quantitative estimate of drug-likeness (QED) is 0.0417. The lowest BCUT2D eigenvalue weighted by Crippen LogP contribution is -2.45. The minimum Gasteiger partial charge on any atom is -0.466 e. The molecule has 77 heavy (non-hydrogen) atoms. The predicted octanol–water partition coefficient (Wildman–Crippen LogP) is 23.0. The predicted molar refractivity (Wildman–Crippen MR) is 338 cm³/mol. The minimum atomic E-state index is -0.657. The van der Waals surface area contributed by atoms with Crippen molar-refractivity contribution >= 4 is 11.9 Å². The number of aliphatic hydroxyl groups excluding tert-OH is 2. The Balaban J connectivity index is 3.26. The van der Waals surface area contributed by atoms with Gasteiger partial charge in [0, 0.05) is 12.8 Å². The van der Waals surface area contributed by atoms with Crippen LogP contribution < -0.4 is 5.32 Å². The molecule has 0 aliphatic rings. The molecule has 2 atom stereocenters. The van der Waals surface area contributed by atoms with E-state index in [2.05, 4.69) is 19.2 Å². The zero-order valence-corrected chi connectivity index (χ0v) is 52.7. The van der Waals surface area contributed by atoms with Gasteiger partial charge in [-0.2, -0.15) is 0 Å². The van der Waals surface area contributed by atoms with Crippen LogP contribution in [0.4, 0.5) is 0 Å². The normalized spacial score (nSPS) is 12.4. The van der Waals surface area contributed by atoms with Crippen LogP contribution in [0.15, 0.2) is 0 Å². The molecule has 0 aliphatic heterocycles. The topological polar surface area (TPSA) is 95.9 Å². The van der Waals surface area contributed by atoms with Gasteiger partial charge in [0.25, 0.3) is 0 Å². The molecule has 0 aromatic carbocycles. The van der Waals surface area contributed by atoms with Gasteiger partial charge in [-0.15, -0.1) is 0 Å². The van der Waals surface area contributed by atoms with E-state index in [4.69, 9.17) is 4.74 Å². The zero-order chi connectivity index (χ0) is 55.7. The van der Waals surface area contributed by atoms with E-state index in [0.717, 1.165) is 38.5 Å². The Kier molecular flexibility index (Phi) is 66.4. The van der Waals surface area contributed by atoms with Crippen LogP contribution in [0.25, 0.3) is 0 Å². The Hall–Kier alpha value is -1.14. The Labute approximate surface area is 483 Å². The third kappa shape index (κ3) is 63.9. The molecular formula is C71H141NO5. The third-order valence-corrected chi connectivity index (χ3v) is 17.2. The summed E-state index contributed by atoms with van der Waals surface area (Å²) in [5.41, 5.74) is 0. The van der Waals surface area contributed by atoms with E-state index in [1.807, 2.05) is 0 Å². The van der Waals surface area contributed by atoms with E-state index in [0.29, 0.717) is 25.9 Å². The van der Waals surface area contributed by atoms with Crippen molar-refractivity contribution < 1.29 is 24.5 Å². The molecule has 3 N–H and O–H groups in total. The SMILES string of the molecule is CCCCCCCCCCCCCCCCCC(=O)OCCCCCCCCCCCCCCCCCCCCCCCCCCCCCCCCCCCCCC(=O)NC(CO)C(O)CCCCCCCCCCCC. The molecular weight excluding hydrogens is 947 g/mol. The van der Waals surface area contributed by atoms with E-state index in [9.17, 15) is 19.8 Å². The highest BCUT2D eigenvalue weighted by Crippen LogP contribution is 2.20. The summed E-state index contributed by atoms with van der Waals surface area (Å²) in [6.45, 7) is 4.98. The molecule has 0 heterocycles. The number of hydrogen-bond donors (Lipinski definition) is 3. The summed E-state index contributed by atoms with van der Waals surface area (Å²) in [6.07, 6.45) is 81.8. The molecule has 0 saturated carbocycles. The van der Waals surface area contributed by atoms with Crippen LogP contribution in [0.2, 0.25) is 0 Å². The van der Waals surface area contributed by atoms with Crippen LogP contribution in [-0.2, 0) is 14.3 Å². The molecule has 1 amide bonds. The van der Waals surface area contributed by atoms with Gasteiger partial charge in [0.05, 0.1) is 25.4 Å². The van der Waals surface area contributed by atoms with Crippen molar-refractivity contribution in [3.05, 3.63) is 0 Å². The number of rotatable bonds is 68. The van der Waals surface area contributed by atoms with Crippen molar-refractivity contribution in [2.24, 2.45) is 0 Å². The maximum atomic E-state index is 12.4. The van der Waals surface area contributed by atoms with Crippen LogP contribution in [0.3, 0.4) is 0 Å². The van der Waals surface area contributed by atoms with Crippen molar-refractivity contribution in [2.45, 2.75) is 431 Å². The molecule has 0 fully saturated rings. The monoisotopic (exact) mass is 1090 g/mol. The van der Waals surface area contributed by atoms with Gasteiger partial charge in [0.15, 0.2) is 0 Å². The van der Waals surface area contributed by atoms with Crippen molar-refractivity contribution in [3.63, 3.8) is 0 Å². The highest BCUT2D eigenvalue weighted by Gasteiger charge is 2.20. The van der Waals surface area contributed by atoms with Gasteiger partial charge >= 0.3 is 5.97 Å². The Morgan fingerprint density at radius 1 is 0.312 bits per heavy atom. The van der Waals surface area contributed by atoms with Crippen molar-refractivity contribution in [3.8, 4) is 0 Å². The maximum Gasteiger partial charge on any atom is 0.305 e. The number of amides is 1. The van der Waals surface area contributed by atoms with E-state index < -0.39 is 12.1 Å². The minimum absolute atomic E-state index is 0.0265. The first-order valence-corrected chi connectivity index (χ1v) is 35.8. The molecule has 0 saturated heterocycles. The second kappa shape index (κ2) is 67.4. The number of carbonyl (C=O) groups is 2. The van der Waals surface area contributed by atoms with Crippen LogP contribution >= 0.6 is 0 Å². The molecule has 0 radical (unpaired) electrons. The van der Waals surface area contributed by atoms with Gasteiger partial charge in [-0.25, -0.2) is 0 Å². The van der Waals surface area contributed by atoms with E-state index in [-0.39, 0.29) is 18.5 Å². The van der Waals surface area contributed by atoms with Gasteiger partial charge in [0.2, 0.25) is 5.91 Å². The fraction of sp³-hybridized carbons (Fsp3) is 0.972. The number of aliphatic hydroxyl groups is 2. The number of esters is 1. The summed E-state index contributed by atoms with van der Waals surface area (Å²) in [4.78, 5) is 24.5. The highest BCUT2D eigenvalue weighted by molar-refractivity contribution is 5.76. The molecule has 0 aromatic heterocycles. The summed E-state index contributed by atoms with van der Waals surface area (Å²) in [5, 5.41) is 23.2. The van der Waals surface area contributed by atoms with Crippen LogP contribution in [0.5, 0.6) is 0 Å². The first-order chi connectivity index (χ1) is 38.0. The lowest BCUT2D eigenvalue weighted by molar-refractivity contribution is -0.143. The Morgan fingerprint density at radius 3 is 0.792 bits per heavy atom. The lowest BCUT2D eigenvalue weighted by atomic mass is 10.0. The summed E-state index contributed by atoms with van der Waals surface area (Å²) in [7, 11) is 0. The molecule has 0 aromatic rings. The standard InChI is InChI=1S/C71H141NO5/c1-3-5-7-9-11-13-15-16-38-42-45-49-53-57-61-65-71(76)77-66-62-58-54-50-46-43-40-37-35-33-31-29-27-25-23-21-19-17-18-20-22-24-26-28-30-32-34-36-39-41-44-48-52-56-60-64-70(75)72-68(67-73)69(74)63-59-55-51-47-14-12-10-8-6-4-2/h68-69,73-74H,3-67H2,1-2H3,(H,72,75). The molecule has 0 bridgehead atoms. The smallest absolute Gasteiger partial charge is 0.305 e. The Bertz CT molecular complexity index is 1120. The van der Waals surface area contributed by atoms with Gasteiger partial charge in [-0.3, -0.25) is 9.59 Å². The summed E-state index contributed by atoms with van der Waals surface area (Å²) >= 11 is 0. The highest BCUT2D eigenvalue weighted by atomic mass is 16.5. The van der Waals surface area contributed by atoms with Crippen molar-refractivity contribution in [1.29, 1.82) is 0 Å². The summed E-state index contributed by atoms with van der Waals surface area (Å²) in [5.74, 6) is -0.00218. The van der Waals surface area contributed by atoms with E-state index >= 15 is 0 Å². The molecule has 6 heteroatoms. The van der Waals surface area contributed by atoms with Gasteiger partial charge in [0.1, 0.15) is 0 Å². The number of hydrogen-bond acceptors (Lipinski definition) is 5. The largest absolute Gasteiger partial charge is 0.466 e. The lowest BCUT2D eigenvalue weighted by Gasteiger charge is -2.22. The van der Waals surface area contributed by atoms with Gasteiger partial charge in [-0.05, 0) is 25.7 Å². The second-order valence-corrected chi connectivity index (χ2v) is 24.9. The van der Waals surface area contributed by atoms with Crippen LogP contribution in [-0.4, -0.2) is 47.4 Å². The number of unbranched alkanes of at least 4 members (excludes halogenated alkanes) is 57. The molecule has 0 spiro atoms. The van der Waals surface area contributed by atoms with Crippen LogP contribution in [0, 0.1) is 0 Å². The fourth-order valence-electron chi connectivity index (χ4n) is 11.7. The average molecular weight is 1090 g/mol. The number of nitrogens with one attached hydrogen (secondary N) is 1.